The van der Waals surface area contributed by atoms with Crippen molar-refractivity contribution in [2.75, 3.05) is 17.3 Å². The van der Waals surface area contributed by atoms with Crippen molar-refractivity contribution in [2.24, 2.45) is 0 Å². The molecule has 15 heavy (non-hydrogen) atoms. The number of rotatable bonds is 3. The lowest BCUT2D eigenvalue weighted by Crippen LogP contribution is -2.28. The Labute approximate surface area is 93.6 Å². The van der Waals surface area contributed by atoms with E-state index in [-0.39, 0.29) is 0 Å². The minimum Gasteiger partial charge on any atom is -0.368 e. The van der Waals surface area contributed by atoms with Gasteiger partial charge in [-0.3, -0.25) is 0 Å². The van der Waals surface area contributed by atoms with E-state index in [0.29, 0.717) is 17.9 Å². The van der Waals surface area contributed by atoms with Gasteiger partial charge in [-0.1, -0.05) is 6.42 Å². The van der Waals surface area contributed by atoms with Gasteiger partial charge in [0.25, 0.3) is 0 Å². The van der Waals surface area contributed by atoms with Gasteiger partial charge in [-0.25, -0.2) is 5.10 Å². The Morgan fingerprint density at radius 3 is 3.07 bits per heavy atom. The van der Waals surface area contributed by atoms with Crippen LogP contribution in [0.1, 0.15) is 25.7 Å². The van der Waals surface area contributed by atoms with Gasteiger partial charge in [0, 0.05) is 11.3 Å². The molecular weight excluding hydrogens is 210 g/mol. The Kier molecular flexibility index (Phi) is 3.35. The summed E-state index contributed by atoms with van der Waals surface area (Å²) in [4.78, 5) is 4.05. The summed E-state index contributed by atoms with van der Waals surface area (Å²) < 4.78 is 0. The van der Waals surface area contributed by atoms with Crippen molar-refractivity contribution in [1.82, 2.24) is 15.2 Å². The first-order valence-corrected chi connectivity index (χ1v) is 6.54. The van der Waals surface area contributed by atoms with Crippen molar-refractivity contribution in [3.05, 3.63) is 0 Å². The van der Waals surface area contributed by atoms with Gasteiger partial charge in [0.05, 0.1) is 0 Å². The SMILES string of the molecule is CSC1CCCC(Nc2n[nH]c(N)n2)C1. The summed E-state index contributed by atoms with van der Waals surface area (Å²) in [6.07, 6.45) is 7.18. The number of nitrogens with two attached hydrogens (primary N) is 1. The second kappa shape index (κ2) is 4.74. The molecule has 0 saturated heterocycles. The highest BCUT2D eigenvalue weighted by molar-refractivity contribution is 7.99. The molecule has 2 atom stereocenters. The Bertz CT molecular complexity index is 313. The first-order valence-electron chi connectivity index (χ1n) is 5.25. The highest BCUT2D eigenvalue weighted by Crippen LogP contribution is 2.28. The molecule has 0 spiro atoms. The van der Waals surface area contributed by atoms with Crippen molar-refractivity contribution in [1.29, 1.82) is 0 Å². The molecule has 0 amide bonds. The smallest absolute Gasteiger partial charge is 0.243 e. The van der Waals surface area contributed by atoms with Crippen LogP contribution in [0.3, 0.4) is 0 Å². The molecule has 0 bridgehead atoms. The Morgan fingerprint density at radius 2 is 2.40 bits per heavy atom. The summed E-state index contributed by atoms with van der Waals surface area (Å²) >= 11 is 1.95. The average Bonchev–Trinajstić information content (AvgIpc) is 2.64. The van der Waals surface area contributed by atoms with Crippen LogP contribution in [0.25, 0.3) is 0 Å². The summed E-state index contributed by atoms with van der Waals surface area (Å²) in [5.74, 6) is 0.994. The Balaban J connectivity index is 1.88. The number of aromatic nitrogens is 3. The number of nitrogen functional groups attached to an aromatic ring is 1. The van der Waals surface area contributed by atoms with Crippen LogP contribution in [0.5, 0.6) is 0 Å². The van der Waals surface area contributed by atoms with E-state index in [1.807, 2.05) is 11.8 Å². The second-order valence-corrected chi connectivity index (χ2v) is 5.05. The van der Waals surface area contributed by atoms with Gasteiger partial charge < -0.3 is 11.1 Å². The third-order valence-corrected chi connectivity index (χ3v) is 3.89. The summed E-state index contributed by atoms with van der Waals surface area (Å²) in [7, 11) is 0. The second-order valence-electron chi connectivity index (χ2n) is 3.91. The number of H-pyrrole nitrogens is 1. The molecule has 2 unspecified atom stereocenters. The molecular formula is C9H17N5S. The fraction of sp³-hybridized carbons (Fsp3) is 0.778. The number of anilines is 2. The third kappa shape index (κ3) is 2.77. The maximum absolute atomic E-state index is 5.46. The van der Waals surface area contributed by atoms with E-state index in [1.165, 1.54) is 25.7 Å². The third-order valence-electron chi connectivity index (χ3n) is 2.80. The number of nitrogens with zero attached hydrogens (tertiary/aromatic N) is 2. The molecule has 1 aliphatic rings. The molecule has 0 aromatic carbocycles. The lowest BCUT2D eigenvalue weighted by atomic mass is 9.95. The number of aromatic amines is 1. The molecule has 6 heteroatoms. The van der Waals surface area contributed by atoms with E-state index in [0.717, 1.165) is 5.25 Å². The number of hydrogen-bond acceptors (Lipinski definition) is 5. The van der Waals surface area contributed by atoms with Crippen molar-refractivity contribution < 1.29 is 0 Å². The van der Waals surface area contributed by atoms with Gasteiger partial charge in [-0.05, 0) is 25.5 Å². The van der Waals surface area contributed by atoms with E-state index < -0.39 is 0 Å². The number of nitrogens with one attached hydrogen (secondary N) is 2. The number of thioether (sulfide) groups is 1. The predicted molar refractivity (Wildman–Crippen MR) is 64.0 cm³/mol. The maximum atomic E-state index is 5.46. The van der Waals surface area contributed by atoms with E-state index >= 15 is 0 Å². The van der Waals surface area contributed by atoms with Crippen LogP contribution < -0.4 is 11.1 Å². The monoisotopic (exact) mass is 227 g/mol. The first kappa shape index (κ1) is 10.6. The standard InChI is InChI=1S/C9H17N5S/c1-15-7-4-2-3-6(5-7)11-9-12-8(10)13-14-9/h6-7H,2-5H2,1H3,(H4,10,11,12,13,14). The van der Waals surface area contributed by atoms with Crippen LogP contribution in [-0.2, 0) is 0 Å². The largest absolute Gasteiger partial charge is 0.368 e. The van der Waals surface area contributed by atoms with Crippen LogP contribution in [0.2, 0.25) is 0 Å². The zero-order chi connectivity index (χ0) is 10.7. The van der Waals surface area contributed by atoms with Crippen LogP contribution in [0.4, 0.5) is 11.9 Å². The molecule has 5 nitrogen and oxygen atoms in total. The van der Waals surface area contributed by atoms with E-state index in [9.17, 15) is 0 Å². The normalized spacial score (nSPS) is 26.5. The van der Waals surface area contributed by atoms with Gasteiger partial charge >= 0.3 is 0 Å². The summed E-state index contributed by atoms with van der Waals surface area (Å²) in [6.45, 7) is 0. The Morgan fingerprint density at radius 1 is 1.53 bits per heavy atom. The topological polar surface area (TPSA) is 79.6 Å². The maximum Gasteiger partial charge on any atom is 0.243 e. The van der Waals surface area contributed by atoms with Gasteiger partial charge in [0.2, 0.25) is 11.9 Å². The highest BCUT2D eigenvalue weighted by Gasteiger charge is 2.21. The summed E-state index contributed by atoms with van der Waals surface area (Å²) in [6, 6.07) is 0.492. The molecule has 0 radical (unpaired) electrons. The minimum absolute atomic E-state index is 0.370. The van der Waals surface area contributed by atoms with Crippen molar-refractivity contribution in [3.8, 4) is 0 Å². The fourth-order valence-electron chi connectivity index (χ4n) is 2.01. The van der Waals surface area contributed by atoms with Gasteiger partial charge in [0.1, 0.15) is 0 Å². The van der Waals surface area contributed by atoms with Crippen LogP contribution in [-0.4, -0.2) is 32.7 Å². The summed E-state index contributed by atoms with van der Waals surface area (Å²) in [5, 5.41) is 10.7. The molecule has 0 aliphatic heterocycles. The molecule has 1 aromatic rings. The molecule has 1 heterocycles. The highest BCUT2D eigenvalue weighted by atomic mass is 32.2. The molecule has 1 fully saturated rings. The van der Waals surface area contributed by atoms with E-state index in [2.05, 4.69) is 26.8 Å². The molecule has 1 aliphatic carbocycles. The molecule has 1 saturated carbocycles. The molecule has 1 aromatic heterocycles. The van der Waals surface area contributed by atoms with Gasteiger partial charge in [-0.2, -0.15) is 16.7 Å². The molecule has 2 rings (SSSR count). The molecule has 84 valence electrons. The van der Waals surface area contributed by atoms with Crippen molar-refractivity contribution in [3.63, 3.8) is 0 Å². The van der Waals surface area contributed by atoms with Gasteiger partial charge in [0.15, 0.2) is 0 Å². The first-order chi connectivity index (χ1) is 7.28. The lowest BCUT2D eigenvalue weighted by Gasteiger charge is -2.28. The van der Waals surface area contributed by atoms with Crippen molar-refractivity contribution >= 4 is 23.7 Å². The van der Waals surface area contributed by atoms with Crippen LogP contribution >= 0.6 is 11.8 Å². The zero-order valence-electron chi connectivity index (χ0n) is 8.86. The van der Waals surface area contributed by atoms with Gasteiger partial charge in [-0.15, -0.1) is 5.10 Å². The minimum atomic E-state index is 0.370. The Hall–Kier alpha value is -0.910. The quantitative estimate of drug-likeness (QED) is 0.728. The fourth-order valence-corrected chi connectivity index (χ4v) is 2.84. The van der Waals surface area contributed by atoms with Crippen LogP contribution in [0, 0.1) is 0 Å². The van der Waals surface area contributed by atoms with Crippen molar-refractivity contribution in [2.45, 2.75) is 37.0 Å². The van der Waals surface area contributed by atoms with E-state index in [1.54, 1.807) is 0 Å². The average molecular weight is 227 g/mol. The zero-order valence-corrected chi connectivity index (χ0v) is 9.68. The predicted octanol–water partition coefficient (Wildman–Crippen LogP) is 1.47. The lowest BCUT2D eigenvalue weighted by molar-refractivity contribution is 0.472. The van der Waals surface area contributed by atoms with Crippen LogP contribution in [0.15, 0.2) is 0 Å². The number of hydrogen-bond donors (Lipinski definition) is 3. The van der Waals surface area contributed by atoms with E-state index in [4.69, 9.17) is 5.73 Å². The molecule has 4 N–H and O–H groups in total. The summed E-state index contributed by atoms with van der Waals surface area (Å²) in [5.41, 5.74) is 5.46.